The minimum Gasteiger partial charge on any atom is -0.381 e. The van der Waals surface area contributed by atoms with Crippen LogP contribution in [0, 0.1) is 0 Å². The molecule has 0 saturated heterocycles. The zero-order chi connectivity index (χ0) is 28.8. The number of ether oxygens (including phenoxy) is 1. The molecule has 0 saturated carbocycles. The maximum atomic E-state index is 12.3. The van der Waals surface area contributed by atoms with E-state index in [0.29, 0.717) is 30.8 Å². The molecule has 0 bridgehead atoms. The number of unbranched alkanes of at least 4 members (excludes halogenated alkanes) is 13. The van der Waals surface area contributed by atoms with Gasteiger partial charge in [-0.15, -0.1) is 4.52 Å². The van der Waals surface area contributed by atoms with Crippen molar-refractivity contribution in [3.05, 3.63) is 35.4 Å². The van der Waals surface area contributed by atoms with Gasteiger partial charge >= 0.3 is 14.2 Å². The van der Waals surface area contributed by atoms with Crippen LogP contribution >= 0.6 is 8.25 Å². The maximum absolute atomic E-state index is 12.3. The van der Waals surface area contributed by atoms with Gasteiger partial charge < -0.3 is 4.74 Å². The second-order valence-electron chi connectivity index (χ2n) is 10.5. The summed E-state index contributed by atoms with van der Waals surface area (Å²) in [7, 11) is -2.55. The van der Waals surface area contributed by atoms with Gasteiger partial charge in [-0.1, -0.05) is 103 Å². The monoisotopic (exact) mass is 578 g/mol. The number of nitrogens with zero attached hydrogens (tertiary/aromatic N) is 1. The van der Waals surface area contributed by atoms with E-state index in [1.165, 1.54) is 83.5 Å². The van der Waals surface area contributed by atoms with Crippen LogP contribution in [0.2, 0.25) is 0 Å². The highest BCUT2D eigenvalue weighted by Crippen LogP contribution is 2.26. The summed E-state index contributed by atoms with van der Waals surface area (Å²) >= 11 is 0. The van der Waals surface area contributed by atoms with Gasteiger partial charge in [0.25, 0.3) is 11.8 Å². The Morgan fingerprint density at radius 2 is 1.20 bits per heavy atom. The van der Waals surface area contributed by atoms with Crippen LogP contribution in [0.3, 0.4) is 0 Å². The van der Waals surface area contributed by atoms with E-state index < -0.39 is 14.2 Å². The fourth-order valence-electron chi connectivity index (χ4n) is 4.78. The van der Waals surface area contributed by atoms with Crippen LogP contribution in [0.25, 0.3) is 0 Å². The Kier molecular flexibility index (Phi) is 18.4. The summed E-state index contributed by atoms with van der Waals surface area (Å²) in [5, 5.41) is 0. The lowest BCUT2D eigenvalue weighted by molar-refractivity contribution is -0.134. The van der Waals surface area contributed by atoms with Gasteiger partial charge in [0.2, 0.25) is 0 Å². The zero-order valence-electron chi connectivity index (χ0n) is 24.4. The zero-order valence-corrected chi connectivity index (χ0v) is 25.3. The summed E-state index contributed by atoms with van der Waals surface area (Å²) in [6.07, 6.45) is 19.3. The van der Waals surface area contributed by atoms with Crippen molar-refractivity contribution in [3.63, 3.8) is 0 Å². The summed E-state index contributed by atoms with van der Waals surface area (Å²) in [4.78, 5) is 37.7. The molecule has 0 spiro atoms. The molecule has 0 aliphatic carbocycles. The molecule has 1 aliphatic heterocycles. The Morgan fingerprint density at radius 3 is 1.75 bits per heavy atom. The van der Waals surface area contributed by atoms with Crippen molar-refractivity contribution in [2.24, 2.45) is 0 Å². The Labute approximate surface area is 241 Å². The van der Waals surface area contributed by atoms with E-state index in [0.717, 1.165) is 11.3 Å². The van der Waals surface area contributed by atoms with Gasteiger partial charge in [0, 0.05) is 24.3 Å². The van der Waals surface area contributed by atoms with Gasteiger partial charge in [-0.2, -0.15) is 4.52 Å². The van der Waals surface area contributed by atoms with E-state index in [1.54, 1.807) is 24.3 Å². The number of hydrogen-bond acceptors (Lipinski definition) is 7. The SMILES string of the molecule is CCCCCCCCCCCCCCCCOCCCO[P+](=O)OC(=O)CCCN1C(=O)c2ccccc2C1=O. The summed E-state index contributed by atoms with van der Waals surface area (Å²) in [6, 6.07) is 6.62. The van der Waals surface area contributed by atoms with Crippen LogP contribution in [-0.2, 0) is 23.1 Å². The van der Waals surface area contributed by atoms with Gasteiger partial charge in [0.05, 0.1) is 17.5 Å². The summed E-state index contributed by atoms with van der Waals surface area (Å²) in [5.41, 5.74) is 0.741. The average molecular weight is 579 g/mol. The van der Waals surface area contributed by atoms with Crippen molar-refractivity contribution in [1.29, 1.82) is 0 Å². The summed E-state index contributed by atoms with van der Waals surface area (Å²) in [6.45, 7) is 3.76. The number of hydrogen-bond donors (Lipinski definition) is 0. The molecular weight excluding hydrogens is 529 g/mol. The number of benzene rings is 1. The first-order valence-corrected chi connectivity index (χ1v) is 16.5. The van der Waals surface area contributed by atoms with E-state index in [1.807, 2.05) is 0 Å². The standard InChI is InChI=1S/C31H49NO7P/c1-2-3-4-5-6-7-8-9-10-11-12-13-14-17-24-37-25-19-26-38-40(36)39-29(33)22-18-23-32-30(34)27-20-15-16-21-28(27)31(32)35/h15-16,20-21H,2-14,17-19,22-26H2,1H3/q+1. The minimum atomic E-state index is -2.55. The fraction of sp³-hybridized carbons (Fsp3) is 0.710. The Morgan fingerprint density at radius 1 is 0.700 bits per heavy atom. The highest BCUT2D eigenvalue weighted by molar-refractivity contribution is 7.34. The fourth-order valence-corrected chi connectivity index (χ4v) is 5.37. The van der Waals surface area contributed by atoms with E-state index in [9.17, 15) is 18.9 Å². The minimum absolute atomic E-state index is 0.0693. The van der Waals surface area contributed by atoms with Crippen LogP contribution in [0.5, 0.6) is 0 Å². The molecule has 0 N–H and O–H groups in total. The lowest BCUT2D eigenvalue weighted by Crippen LogP contribution is -2.31. The quantitative estimate of drug-likeness (QED) is 0.0655. The smallest absolute Gasteiger partial charge is 0.381 e. The second kappa shape index (κ2) is 21.6. The lowest BCUT2D eigenvalue weighted by Gasteiger charge is -2.12. The van der Waals surface area contributed by atoms with Crippen LogP contribution in [-0.4, -0.2) is 49.0 Å². The van der Waals surface area contributed by atoms with Gasteiger partial charge in [-0.05, 0) is 31.4 Å². The van der Waals surface area contributed by atoms with Crippen molar-refractivity contribution in [3.8, 4) is 0 Å². The topological polar surface area (TPSA) is 99.2 Å². The molecule has 1 unspecified atom stereocenters. The Balaban J connectivity index is 1.33. The molecule has 1 aliphatic rings. The molecule has 2 amide bonds. The number of imide groups is 1. The number of carbonyl (C=O) groups is 3. The van der Waals surface area contributed by atoms with Gasteiger partial charge in [0.15, 0.2) is 0 Å². The molecule has 2 rings (SSSR count). The largest absolute Gasteiger partial charge is 0.753 e. The average Bonchev–Trinajstić information content (AvgIpc) is 3.19. The van der Waals surface area contributed by atoms with Gasteiger partial charge in [0.1, 0.15) is 6.61 Å². The number of amides is 2. The lowest BCUT2D eigenvalue weighted by atomic mass is 10.0. The molecule has 1 aromatic carbocycles. The third-order valence-corrected chi connectivity index (χ3v) is 7.84. The number of rotatable bonds is 25. The Bertz CT molecular complexity index is 872. The van der Waals surface area contributed by atoms with Crippen molar-refractivity contribution in [2.75, 3.05) is 26.4 Å². The third-order valence-electron chi connectivity index (χ3n) is 7.09. The molecule has 224 valence electrons. The highest BCUT2D eigenvalue weighted by Gasteiger charge is 2.35. The van der Waals surface area contributed by atoms with E-state index in [2.05, 4.69) is 6.92 Å². The first kappa shape index (κ1) is 34.1. The number of fused-ring (bicyclic) bond motifs is 1. The van der Waals surface area contributed by atoms with Gasteiger partial charge in [-0.25, -0.2) is 4.79 Å². The molecule has 0 aromatic heterocycles. The van der Waals surface area contributed by atoms with Gasteiger partial charge in [-0.3, -0.25) is 14.5 Å². The number of carbonyl (C=O) groups excluding carboxylic acids is 3. The molecule has 8 nitrogen and oxygen atoms in total. The Hall–Kier alpha value is -2.15. The first-order chi connectivity index (χ1) is 19.5. The van der Waals surface area contributed by atoms with Crippen molar-refractivity contribution < 1.29 is 32.7 Å². The normalized spacial score (nSPS) is 13.1. The molecule has 1 heterocycles. The molecule has 40 heavy (non-hydrogen) atoms. The van der Waals surface area contributed by atoms with E-state index in [-0.39, 0.29) is 37.8 Å². The highest BCUT2D eigenvalue weighted by atomic mass is 31.1. The van der Waals surface area contributed by atoms with Crippen LogP contribution in [0.15, 0.2) is 24.3 Å². The van der Waals surface area contributed by atoms with Crippen LogP contribution in [0.1, 0.15) is 137 Å². The molecule has 0 fully saturated rings. The van der Waals surface area contributed by atoms with E-state index >= 15 is 0 Å². The molecule has 0 radical (unpaired) electrons. The molecule has 1 aromatic rings. The van der Waals surface area contributed by atoms with E-state index in [4.69, 9.17) is 13.8 Å². The predicted octanol–water partition coefficient (Wildman–Crippen LogP) is 8.17. The van der Waals surface area contributed by atoms with Crippen LogP contribution < -0.4 is 0 Å². The molecule has 9 heteroatoms. The predicted molar refractivity (Wildman–Crippen MR) is 156 cm³/mol. The third kappa shape index (κ3) is 14.0. The maximum Gasteiger partial charge on any atom is 0.753 e. The molecular formula is C31H49NO7P+. The first-order valence-electron chi connectivity index (χ1n) is 15.4. The second-order valence-corrected chi connectivity index (χ2v) is 11.4. The van der Waals surface area contributed by atoms with Crippen LogP contribution in [0.4, 0.5) is 0 Å². The molecule has 1 atom stereocenters. The van der Waals surface area contributed by atoms with Crippen molar-refractivity contribution in [2.45, 2.75) is 116 Å². The summed E-state index contributed by atoms with van der Waals surface area (Å²) < 4.78 is 27.3. The van der Waals surface area contributed by atoms with Crippen molar-refractivity contribution >= 4 is 26.0 Å². The van der Waals surface area contributed by atoms with Crippen molar-refractivity contribution in [1.82, 2.24) is 4.90 Å². The summed E-state index contributed by atoms with van der Waals surface area (Å²) in [5.74, 6) is -1.42.